The third-order valence-corrected chi connectivity index (χ3v) is 5.46. The van der Waals surface area contributed by atoms with Gasteiger partial charge < -0.3 is 10.1 Å². The molecular formula is C23H20N6O2. The SMILES string of the molecule is COc1ccc(C)c(-n2cc3c(=O)nc(-c4ccncn4)cc4c3c2N=C(C)N4)c1C. The molecule has 3 aromatic heterocycles. The summed E-state index contributed by atoms with van der Waals surface area (Å²) in [6.45, 7) is 5.92. The summed E-state index contributed by atoms with van der Waals surface area (Å²) >= 11 is 0. The minimum absolute atomic E-state index is 0.343. The van der Waals surface area contributed by atoms with Crippen LogP contribution in [0.25, 0.3) is 27.8 Å². The molecule has 1 aromatic carbocycles. The van der Waals surface area contributed by atoms with Crippen LogP contribution in [0.15, 0.2) is 52.8 Å². The fourth-order valence-electron chi connectivity index (χ4n) is 4.08. The zero-order chi connectivity index (χ0) is 21.7. The summed E-state index contributed by atoms with van der Waals surface area (Å²) in [7, 11) is 1.65. The standard InChI is InChI=1S/C23H20N6O2/c1-12-5-6-19(31-4)13(2)21(12)29-10-15-20-18(26-14(3)27-22(20)29)9-17(28-23(15)30)16-7-8-24-11-25-16/h5-11H,1-4H3,(H,26,27). The van der Waals surface area contributed by atoms with Crippen molar-refractivity contribution in [1.29, 1.82) is 0 Å². The Morgan fingerprint density at radius 3 is 2.68 bits per heavy atom. The summed E-state index contributed by atoms with van der Waals surface area (Å²) in [6, 6.07) is 7.51. The van der Waals surface area contributed by atoms with Crippen LogP contribution in [0.5, 0.6) is 5.75 Å². The second kappa shape index (κ2) is 7.02. The fraction of sp³-hybridized carbons (Fsp3) is 0.174. The number of amidine groups is 1. The Morgan fingerprint density at radius 2 is 1.94 bits per heavy atom. The van der Waals surface area contributed by atoms with E-state index in [2.05, 4.69) is 20.3 Å². The van der Waals surface area contributed by atoms with E-state index >= 15 is 0 Å². The molecule has 8 nitrogen and oxygen atoms in total. The van der Waals surface area contributed by atoms with Crippen molar-refractivity contribution in [1.82, 2.24) is 19.5 Å². The summed E-state index contributed by atoms with van der Waals surface area (Å²) in [4.78, 5) is 30.4. The van der Waals surface area contributed by atoms with E-state index in [1.165, 1.54) is 6.33 Å². The molecule has 4 heterocycles. The highest BCUT2D eigenvalue weighted by molar-refractivity contribution is 6.13. The Bertz CT molecular complexity index is 1440. The molecular weight excluding hydrogens is 392 g/mol. The van der Waals surface area contributed by atoms with Crippen molar-refractivity contribution in [3.8, 4) is 22.8 Å². The molecule has 0 unspecified atom stereocenters. The Balaban J connectivity index is 1.87. The first-order valence-corrected chi connectivity index (χ1v) is 9.81. The first-order valence-electron chi connectivity index (χ1n) is 9.81. The van der Waals surface area contributed by atoms with Crippen molar-refractivity contribution in [2.75, 3.05) is 12.4 Å². The summed E-state index contributed by atoms with van der Waals surface area (Å²) in [5, 5.41) is 4.50. The molecule has 4 aromatic rings. The number of rotatable bonds is 3. The molecule has 0 spiro atoms. The third kappa shape index (κ3) is 2.95. The summed E-state index contributed by atoms with van der Waals surface area (Å²) in [5.41, 5.74) is 4.44. The number of hydrogen-bond donors (Lipinski definition) is 1. The highest BCUT2D eigenvalue weighted by Crippen LogP contribution is 2.40. The van der Waals surface area contributed by atoms with E-state index in [9.17, 15) is 4.79 Å². The normalized spacial score (nSPS) is 12.5. The monoisotopic (exact) mass is 412 g/mol. The van der Waals surface area contributed by atoms with Gasteiger partial charge in [0.15, 0.2) is 0 Å². The lowest BCUT2D eigenvalue weighted by Gasteiger charge is -2.18. The maximum absolute atomic E-state index is 13.2. The summed E-state index contributed by atoms with van der Waals surface area (Å²) in [6.07, 6.45) is 4.88. The van der Waals surface area contributed by atoms with Crippen molar-refractivity contribution in [2.24, 2.45) is 4.99 Å². The van der Waals surface area contributed by atoms with E-state index in [0.29, 0.717) is 22.6 Å². The van der Waals surface area contributed by atoms with Gasteiger partial charge in [0.2, 0.25) is 0 Å². The summed E-state index contributed by atoms with van der Waals surface area (Å²) < 4.78 is 7.48. The predicted molar refractivity (Wildman–Crippen MR) is 121 cm³/mol. The third-order valence-electron chi connectivity index (χ3n) is 5.46. The second-order valence-corrected chi connectivity index (χ2v) is 7.45. The highest BCUT2D eigenvalue weighted by atomic mass is 16.5. The van der Waals surface area contributed by atoms with Gasteiger partial charge in [-0.05, 0) is 44.5 Å². The second-order valence-electron chi connectivity index (χ2n) is 7.45. The van der Waals surface area contributed by atoms with Crippen molar-refractivity contribution >= 4 is 28.1 Å². The van der Waals surface area contributed by atoms with Crippen molar-refractivity contribution in [2.45, 2.75) is 20.8 Å². The molecule has 0 aliphatic carbocycles. The average molecular weight is 412 g/mol. The highest BCUT2D eigenvalue weighted by Gasteiger charge is 2.23. The first-order chi connectivity index (χ1) is 15.0. The number of benzene rings is 1. The summed E-state index contributed by atoms with van der Waals surface area (Å²) in [5.74, 6) is 2.18. The number of nitrogens with zero attached hydrogens (tertiary/aromatic N) is 5. The first kappa shape index (κ1) is 18.9. The van der Waals surface area contributed by atoms with Gasteiger partial charge in [0, 0.05) is 18.0 Å². The number of aromatic nitrogens is 4. The van der Waals surface area contributed by atoms with Crippen molar-refractivity contribution < 1.29 is 4.74 Å². The zero-order valence-corrected chi connectivity index (χ0v) is 17.6. The fourth-order valence-corrected chi connectivity index (χ4v) is 4.08. The van der Waals surface area contributed by atoms with Gasteiger partial charge in [-0.2, -0.15) is 0 Å². The van der Waals surface area contributed by atoms with E-state index in [1.807, 2.05) is 49.7 Å². The van der Waals surface area contributed by atoms with Gasteiger partial charge in [0.25, 0.3) is 5.56 Å². The number of methoxy groups -OCH3 is 1. The van der Waals surface area contributed by atoms with Crippen LogP contribution in [0.2, 0.25) is 0 Å². The van der Waals surface area contributed by atoms with Gasteiger partial charge in [0.05, 0.1) is 40.6 Å². The topological polar surface area (TPSA) is 94.3 Å². The van der Waals surface area contributed by atoms with Crippen LogP contribution < -0.4 is 15.6 Å². The van der Waals surface area contributed by atoms with Gasteiger partial charge in [0.1, 0.15) is 23.7 Å². The lowest BCUT2D eigenvalue weighted by atomic mass is 10.1. The number of aryl methyl sites for hydroxylation is 1. The number of hydrogen-bond acceptors (Lipinski definition) is 7. The number of nitrogens with one attached hydrogen (secondary N) is 1. The lowest BCUT2D eigenvalue weighted by molar-refractivity contribution is 0.411. The minimum atomic E-state index is -0.343. The maximum Gasteiger partial charge on any atom is 0.279 e. The number of anilines is 1. The maximum atomic E-state index is 13.2. The molecule has 0 radical (unpaired) electrons. The molecule has 0 saturated heterocycles. The Labute approximate surface area is 178 Å². The van der Waals surface area contributed by atoms with Crippen LogP contribution in [0.3, 0.4) is 0 Å². The van der Waals surface area contributed by atoms with Crippen molar-refractivity contribution in [3.05, 3.63) is 64.5 Å². The molecule has 1 N–H and O–H groups in total. The van der Waals surface area contributed by atoms with Crippen LogP contribution >= 0.6 is 0 Å². The molecule has 0 amide bonds. The van der Waals surface area contributed by atoms with Crippen LogP contribution in [0.1, 0.15) is 18.1 Å². The molecule has 0 saturated carbocycles. The Morgan fingerprint density at radius 1 is 1.10 bits per heavy atom. The molecule has 1 aliphatic heterocycles. The largest absolute Gasteiger partial charge is 0.496 e. The molecule has 0 fully saturated rings. The molecule has 154 valence electrons. The predicted octanol–water partition coefficient (Wildman–Crippen LogP) is 3.94. The quantitative estimate of drug-likeness (QED) is 0.548. The molecule has 8 heteroatoms. The zero-order valence-electron chi connectivity index (χ0n) is 17.6. The lowest BCUT2D eigenvalue weighted by Crippen LogP contribution is -2.11. The number of ether oxygens (including phenoxy) is 1. The van der Waals surface area contributed by atoms with Crippen LogP contribution in [-0.4, -0.2) is 32.5 Å². The van der Waals surface area contributed by atoms with Crippen molar-refractivity contribution in [3.63, 3.8) is 0 Å². The van der Waals surface area contributed by atoms with E-state index in [0.717, 1.165) is 39.5 Å². The van der Waals surface area contributed by atoms with Crippen LogP contribution in [0, 0.1) is 13.8 Å². The average Bonchev–Trinajstić information content (AvgIpc) is 3.06. The van der Waals surface area contributed by atoms with E-state index in [-0.39, 0.29) is 5.56 Å². The van der Waals surface area contributed by atoms with Gasteiger partial charge >= 0.3 is 0 Å². The molecule has 5 rings (SSSR count). The van der Waals surface area contributed by atoms with Gasteiger partial charge in [-0.15, -0.1) is 0 Å². The molecule has 0 atom stereocenters. The molecule has 1 aliphatic rings. The smallest absolute Gasteiger partial charge is 0.279 e. The minimum Gasteiger partial charge on any atom is -0.496 e. The van der Waals surface area contributed by atoms with E-state index in [1.54, 1.807) is 19.4 Å². The molecule has 31 heavy (non-hydrogen) atoms. The Kier molecular flexibility index (Phi) is 4.28. The van der Waals surface area contributed by atoms with E-state index < -0.39 is 0 Å². The van der Waals surface area contributed by atoms with Gasteiger partial charge in [-0.1, -0.05) is 6.07 Å². The molecule has 0 bridgehead atoms. The Hall–Kier alpha value is -4.07. The van der Waals surface area contributed by atoms with Crippen LogP contribution in [0.4, 0.5) is 11.5 Å². The van der Waals surface area contributed by atoms with Crippen LogP contribution in [-0.2, 0) is 0 Å². The van der Waals surface area contributed by atoms with Gasteiger partial charge in [-0.25, -0.2) is 19.9 Å². The van der Waals surface area contributed by atoms with Gasteiger partial charge in [-0.3, -0.25) is 9.36 Å². The number of aliphatic imine (C=N–C) groups is 1. The van der Waals surface area contributed by atoms with E-state index in [4.69, 9.17) is 9.73 Å².